The first-order chi connectivity index (χ1) is 11.5. The van der Waals surface area contributed by atoms with Crippen LogP contribution in [0, 0.1) is 5.92 Å². The molecular weight excluding hydrogens is 324 g/mol. The van der Waals surface area contributed by atoms with Crippen LogP contribution in [0.5, 0.6) is 0 Å². The van der Waals surface area contributed by atoms with Crippen molar-refractivity contribution < 1.29 is 9.59 Å². The molecule has 132 valence electrons. The fourth-order valence-electron chi connectivity index (χ4n) is 3.20. The van der Waals surface area contributed by atoms with E-state index in [-0.39, 0.29) is 17.7 Å². The average molecular weight is 351 g/mol. The van der Waals surface area contributed by atoms with Crippen LogP contribution in [0.25, 0.3) is 0 Å². The van der Waals surface area contributed by atoms with Gasteiger partial charge in [0, 0.05) is 37.6 Å². The second kappa shape index (κ2) is 9.07. The standard InChI is InChI=1S/C19H27ClN2O2/c1-3-10-21(11-4-2)19(24)16-13-18(23)22(14-16)12-9-15-5-7-17(20)8-6-15/h5-8,16H,3-4,9-14H2,1-2H3. The molecule has 2 amide bonds. The van der Waals surface area contributed by atoms with Gasteiger partial charge in [0.2, 0.25) is 11.8 Å². The van der Waals surface area contributed by atoms with Crippen molar-refractivity contribution in [2.24, 2.45) is 5.92 Å². The van der Waals surface area contributed by atoms with Crippen molar-refractivity contribution in [3.63, 3.8) is 0 Å². The van der Waals surface area contributed by atoms with Gasteiger partial charge in [-0.25, -0.2) is 0 Å². The maximum atomic E-state index is 12.7. The molecule has 1 unspecified atom stereocenters. The quantitative estimate of drug-likeness (QED) is 0.721. The van der Waals surface area contributed by atoms with Crippen LogP contribution in [-0.2, 0) is 16.0 Å². The molecule has 4 nitrogen and oxygen atoms in total. The molecule has 1 aliphatic rings. The van der Waals surface area contributed by atoms with Gasteiger partial charge in [-0.15, -0.1) is 0 Å². The molecule has 0 bridgehead atoms. The van der Waals surface area contributed by atoms with Gasteiger partial charge in [0.05, 0.1) is 5.92 Å². The summed E-state index contributed by atoms with van der Waals surface area (Å²) >= 11 is 5.89. The second-order valence-electron chi connectivity index (χ2n) is 6.44. The lowest BCUT2D eigenvalue weighted by molar-refractivity contribution is -0.136. The summed E-state index contributed by atoms with van der Waals surface area (Å²) in [5, 5.41) is 0.716. The van der Waals surface area contributed by atoms with E-state index in [1.165, 1.54) is 0 Å². The zero-order chi connectivity index (χ0) is 17.5. The highest BCUT2D eigenvalue weighted by Gasteiger charge is 2.35. The minimum Gasteiger partial charge on any atom is -0.342 e. The van der Waals surface area contributed by atoms with Crippen LogP contribution in [0.15, 0.2) is 24.3 Å². The Hall–Kier alpha value is -1.55. The first kappa shape index (κ1) is 18.8. The molecule has 1 atom stereocenters. The number of carbonyl (C=O) groups excluding carboxylic acids is 2. The summed E-state index contributed by atoms with van der Waals surface area (Å²) in [4.78, 5) is 28.6. The largest absolute Gasteiger partial charge is 0.342 e. The van der Waals surface area contributed by atoms with Gasteiger partial charge < -0.3 is 9.80 Å². The molecule has 0 N–H and O–H groups in total. The maximum absolute atomic E-state index is 12.7. The lowest BCUT2D eigenvalue weighted by Gasteiger charge is -2.24. The molecule has 0 aliphatic carbocycles. The smallest absolute Gasteiger partial charge is 0.227 e. The molecule has 2 rings (SSSR count). The maximum Gasteiger partial charge on any atom is 0.227 e. The third-order valence-electron chi connectivity index (χ3n) is 4.45. The van der Waals surface area contributed by atoms with Crippen LogP contribution in [-0.4, -0.2) is 47.8 Å². The van der Waals surface area contributed by atoms with Crippen molar-refractivity contribution >= 4 is 23.4 Å². The molecule has 0 aromatic heterocycles. The Morgan fingerprint density at radius 3 is 2.42 bits per heavy atom. The summed E-state index contributed by atoms with van der Waals surface area (Å²) in [6, 6.07) is 7.69. The van der Waals surface area contributed by atoms with Gasteiger partial charge in [-0.2, -0.15) is 0 Å². The predicted octanol–water partition coefficient (Wildman–Crippen LogP) is 3.38. The van der Waals surface area contributed by atoms with Gasteiger partial charge in [-0.05, 0) is 37.0 Å². The Labute approximate surface area is 149 Å². The number of amides is 2. The number of hydrogen-bond acceptors (Lipinski definition) is 2. The van der Waals surface area contributed by atoms with E-state index in [1.54, 1.807) is 0 Å². The van der Waals surface area contributed by atoms with Crippen LogP contribution < -0.4 is 0 Å². The molecular formula is C19H27ClN2O2. The highest BCUT2D eigenvalue weighted by molar-refractivity contribution is 6.30. The second-order valence-corrected chi connectivity index (χ2v) is 6.88. The number of likely N-dealkylation sites (tertiary alicyclic amines) is 1. The number of rotatable bonds is 8. The molecule has 1 saturated heterocycles. The van der Waals surface area contributed by atoms with Gasteiger partial charge in [-0.1, -0.05) is 37.6 Å². The van der Waals surface area contributed by atoms with Crippen LogP contribution in [0.1, 0.15) is 38.7 Å². The third-order valence-corrected chi connectivity index (χ3v) is 4.70. The highest BCUT2D eigenvalue weighted by Crippen LogP contribution is 2.21. The summed E-state index contributed by atoms with van der Waals surface area (Å²) in [6.45, 7) is 6.92. The minimum atomic E-state index is -0.180. The van der Waals surface area contributed by atoms with Crippen LogP contribution in [0.2, 0.25) is 5.02 Å². The van der Waals surface area contributed by atoms with Crippen molar-refractivity contribution in [2.45, 2.75) is 39.5 Å². The number of halogens is 1. The fraction of sp³-hybridized carbons (Fsp3) is 0.579. The summed E-state index contributed by atoms with van der Waals surface area (Å²) in [7, 11) is 0. The summed E-state index contributed by atoms with van der Waals surface area (Å²) in [5.74, 6) is 0.0529. The lowest BCUT2D eigenvalue weighted by Crippen LogP contribution is -2.38. The van der Waals surface area contributed by atoms with Gasteiger partial charge in [-0.3, -0.25) is 9.59 Å². The van der Waals surface area contributed by atoms with E-state index in [2.05, 4.69) is 13.8 Å². The molecule has 24 heavy (non-hydrogen) atoms. The Morgan fingerprint density at radius 1 is 1.21 bits per heavy atom. The van der Waals surface area contributed by atoms with Crippen molar-refractivity contribution in [2.75, 3.05) is 26.2 Å². The van der Waals surface area contributed by atoms with E-state index >= 15 is 0 Å². The molecule has 5 heteroatoms. The van der Waals surface area contributed by atoms with Crippen molar-refractivity contribution in [3.05, 3.63) is 34.9 Å². The van der Waals surface area contributed by atoms with Crippen LogP contribution in [0.3, 0.4) is 0 Å². The van der Waals surface area contributed by atoms with Crippen LogP contribution >= 0.6 is 11.6 Å². The van der Waals surface area contributed by atoms with Gasteiger partial charge in [0.15, 0.2) is 0 Å². The highest BCUT2D eigenvalue weighted by atomic mass is 35.5. The predicted molar refractivity (Wildman–Crippen MR) is 97.0 cm³/mol. The van der Waals surface area contributed by atoms with E-state index in [1.807, 2.05) is 34.1 Å². The molecule has 1 aromatic carbocycles. The summed E-state index contributed by atoms with van der Waals surface area (Å²) in [5.41, 5.74) is 1.15. The van der Waals surface area contributed by atoms with Crippen molar-refractivity contribution in [1.82, 2.24) is 9.80 Å². The Morgan fingerprint density at radius 2 is 1.83 bits per heavy atom. The molecule has 1 aliphatic heterocycles. The van der Waals surface area contributed by atoms with Gasteiger partial charge in [0.25, 0.3) is 0 Å². The fourth-order valence-corrected chi connectivity index (χ4v) is 3.33. The monoisotopic (exact) mass is 350 g/mol. The summed E-state index contributed by atoms with van der Waals surface area (Å²) in [6.07, 6.45) is 3.04. The molecule has 0 radical (unpaired) electrons. The van der Waals surface area contributed by atoms with E-state index in [0.29, 0.717) is 24.5 Å². The lowest BCUT2D eigenvalue weighted by atomic mass is 10.1. The first-order valence-corrected chi connectivity index (χ1v) is 9.24. The molecule has 0 saturated carbocycles. The zero-order valence-corrected chi connectivity index (χ0v) is 15.4. The number of carbonyl (C=O) groups is 2. The number of benzene rings is 1. The van der Waals surface area contributed by atoms with Crippen molar-refractivity contribution in [1.29, 1.82) is 0 Å². The van der Waals surface area contributed by atoms with E-state index < -0.39 is 0 Å². The number of nitrogens with zero attached hydrogens (tertiary/aromatic N) is 2. The third kappa shape index (κ3) is 4.97. The zero-order valence-electron chi connectivity index (χ0n) is 14.6. The van der Waals surface area contributed by atoms with E-state index in [4.69, 9.17) is 11.6 Å². The molecule has 1 heterocycles. The Balaban J connectivity index is 1.89. The Bertz CT molecular complexity index is 553. The topological polar surface area (TPSA) is 40.6 Å². The summed E-state index contributed by atoms with van der Waals surface area (Å²) < 4.78 is 0. The van der Waals surface area contributed by atoms with Gasteiger partial charge >= 0.3 is 0 Å². The van der Waals surface area contributed by atoms with E-state index in [9.17, 15) is 9.59 Å². The van der Waals surface area contributed by atoms with Crippen molar-refractivity contribution in [3.8, 4) is 0 Å². The van der Waals surface area contributed by atoms with Crippen LogP contribution in [0.4, 0.5) is 0 Å². The first-order valence-electron chi connectivity index (χ1n) is 8.86. The number of hydrogen-bond donors (Lipinski definition) is 0. The SMILES string of the molecule is CCCN(CCC)C(=O)C1CC(=O)N(CCc2ccc(Cl)cc2)C1. The molecule has 1 aromatic rings. The normalized spacial score (nSPS) is 17.4. The molecule has 0 spiro atoms. The Kier molecular flexibility index (Phi) is 7.10. The average Bonchev–Trinajstić information content (AvgIpc) is 2.94. The van der Waals surface area contributed by atoms with E-state index in [0.717, 1.165) is 37.9 Å². The van der Waals surface area contributed by atoms with Gasteiger partial charge in [0.1, 0.15) is 0 Å². The minimum absolute atomic E-state index is 0.0928. The molecule has 1 fully saturated rings.